The molecular weight excluding hydrogens is 234 g/mol. The first-order valence-electron chi connectivity index (χ1n) is 4.87. The van der Waals surface area contributed by atoms with Gasteiger partial charge in [0.05, 0.1) is 7.11 Å². The molecule has 1 aromatic rings. The molecular formula is C11H12F2O4. The molecule has 0 heterocycles. The van der Waals surface area contributed by atoms with E-state index in [1.54, 1.807) is 6.07 Å². The number of ether oxygens (including phenoxy) is 2. The van der Waals surface area contributed by atoms with Crippen molar-refractivity contribution in [2.75, 3.05) is 7.11 Å². The number of halogens is 2. The zero-order valence-corrected chi connectivity index (χ0v) is 9.15. The number of alkyl halides is 2. The topological polar surface area (TPSA) is 55.8 Å². The molecule has 0 fully saturated rings. The molecule has 0 unspecified atom stereocenters. The van der Waals surface area contributed by atoms with Gasteiger partial charge in [-0.05, 0) is 18.1 Å². The number of aliphatic carboxylic acids is 1. The highest BCUT2D eigenvalue weighted by molar-refractivity contribution is 5.67. The van der Waals surface area contributed by atoms with Gasteiger partial charge in [-0.15, -0.1) is 0 Å². The molecule has 0 saturated carbocycles. The molecule has 0 aliphatic carbocycles. The number of hydrogen-bond donors (Lipinski definition) is 1. The van der Waals surface area contributed by atoms with Crippen molar-refractivity contribution in [3.05, 3.63) is 23.8 Å². The third kappa shape index (κ3) is 3.90. The Kier molecular flexibility index (Phi) is 4.68. The number of aryl methyl sites for hydroxylation is 1. The Balaban J connectivity index is 2.92. The fourth-order valence-electron chi connectivity index (χ4n) is 1.42. The molecule has 94 valence electrons. The van der Waals surface area contributed by atoms with E-state index in [9.17, 15) is 13.6 Å². The van der Waals surface area contributed by atoms with Crippen LogP contribution in [0.25, 0.3) is 0 Å². The maximum atomic E-state index is 12.1. The second kappa shape index (κ2) is 6.03. The van der Waals surface area contributed by atoms with E-state index < -0.39 is 12.6 Å². The first-order chi connectivity index (χ1) is 8.04. The summed E-state index contributed by atoms with van der Waals surface area (Å²) in [6, 6.07) is 4.47. The SMILES string of the molecule is COc1c(CCC(=O)O)cccc1OC(F)F. The summed E-state index contributed by atoms with van der Waals surface area (Å²) in [5, 5.41) is 8.56. The molecule has 0 aliphatic heterocycles. The van der Waals surface area contributed by atoms with Crippen molar-refractivity contribution in [1.29, 1.82) is 0 Å². The van der Waals surface area contributed by atoms with Crippen LogP contribution >= 0.6 is 0 Å². The Hall–Kier alpha value is -1.85. The Labute approximate surface area is 96.8 Å². The van der Waals surface area contributed by atoms with Crippen molar-refractivity contribution in [3.8, 4) is 11.5 Å². The van der Waals surface area contributed by atoms with E-state index in [0.717, 1.165) is 0 Å². The summed E-state index contributed by atoms with van der Waals surface area (Å²) in [6.45, 7) is -2.95. The number of hydrogen-bond acceptors (Lipinski definition) is 3. The van der Waals surface area contributed by atoms with Gasteiger partial charge in [0.1, 0.15) is 0 Å². The first-order valence-corrected chi connectivity index (χ1v) is 4.87. The van der Waals surface area contributed by atoms with Crippen LogP contribution < -0.4 is 9.47 Å². The van der Waals surface area contributed by atoms with E-state index in [0.29, 0.717) is 5.56 Å². The van der Waals surface area contributed by atoms with Crippen LogP contribution in [0.15, 0.2) is 18.2 Å². The summed E-state index contributed by atoms with van der Waals surface area (Å²) in [6.07, 6.45) is 0.0907. The number of carboxylic acid groups (broad SMARTS) is 1. The average Bonchev–Trinajstić information content (AvgIpc) is 2.25. The number of benzene rings is 1. The molecule has 1 aromatic carbocycles. The van der Waals surface area contributed by atoms with E-state index in [2.05, 4.69) is 4.74 Å². The molecule has 0 amide bonds. The van der Waals surface area contributed by atoms with Crippen molar-refractivity contribution in [1.82, 2.24) is 0 Å². The average molecular weight is 246 g/mol. The van der Waals surface area contributed by atoms with E-state index in [-0.39, 0.29) is 24.3 Å². The molecule has 0 aromatic heterocycles. The van der Waals surface area contributed by atoms with Gasteiger partial charge in [-0.2, -0.15) is 8.78 Å². The summed E-state index contributed by atoms with van der Waals surface area (Å²) >= 11 is 0. The van der Waals surface area contributed by atoms with E-state index in [1.165, 1.54) is 19.2 Å². The first kappa shape index (κ1) is 13.2. The van der Waals surface area contributed by atoms with Crippen LogP contribution in [-0.2, 0) is 11.2 Å². The second-order valence-corrected chi connectivity index (χ2v) is 3.22. The monoisotopic (exact) mass is 246 g/mol. The quantitative estimate of drug-likeness (QED) is 0.836. The van der Waals surface area contributed by atoms with Gasteiger partial charge in [0.25, 0.3) is 0 Å². The molecule has 0 spiro atoms. The highest BCUT2D eigenvalue weighted by atomic mass is 19.3. The Morgan fingerprint density at radius 2 is 2.18 bits per heavy atom. The van der Waals surface area contributed by atoms with Gasteiger partial charge in [0.15, 0.2) is 11.5 Å². The standard InChI is InChI=1S/C11H12F2O4/c1-16-10-7(5-6-9(14)15)3-2-4-8(10)17-11(12)13/h2-4,11H,5-6H2,1H3,(H,14,15). The molecule has 6 heteroatoms. The lowest BCUT2D eigenvalue weighted by atomic mass is 10.1. The fraction of sp³-hybridized carbons (Fsp3) is 0.364. The zero-order valence-electron chi connectivity index (χ0n) is 9.15. The van der Waals surface area contributed by atoms with Crippen LogP contribution in [0.5, 0.6) is 11.5 Å². The van der Waals surface area contributed by atoms with Gasteiger partial charge in [0.2, 0.25) is 0 Å². The number of para-hydroxylation sites is 1. The third-order valence-corrected chi connectivity index (χ3v) is 2.09. The van der Waals surface area contributed by atoms with E-state index >= 15 is 0 Å². The predicted octanol–water partition coefficient (Wildman–Crippen LogP) is 2.31. The van der Waals surface area contributed by atoms with Crippen molar-refractivity contribution in [2.24, 2.45) is 0 Å². The second-order valence-electron chi connectivity index (χ2n) is 3.22. The largest absolute Gasteiger partial charge is 0.493 e. The molecule has 0 aliphatic rings. The molecule has 17 heavy (non-hydrogen) atoms. The summed E-state index contributed by atoms with van der Waals surface area (Å²) < 4.78 is 33.5. The van der Waals surface area contributed by atoms with Gasteiger partial charge in [-0.3, -0.25) is 4.79 Å². The summed E-state index contributed by atoms with van der Waals surface area (Å²) in [5.41, 5.74) is 0.521. The predicted molar refractivity (Wildman–Crippen MR) is 55.6 cm³/mol. The Morgan fingerprint density at radius 3 is 2.71 bits per heavy atom. The van der Waals surface area contributed by atoms with E-state index in [4.69, 9.17) is 9.84 Å². The van der Waals surface area contributed by atoms with Gasteiger partial charge in [-0.1, -0.05) is 12.1 Å². The van der Waals surface area contributed by atoms with Gasteiger partial charge in [0, 0.05) is 6.42 Å². The van der Waals surface area contributed by atoms with Crippen LogP contribution in [0.1, 0.15) is 12.0 Å². The van der Waals surface area contributed by atoms with Crippen molar-refractivity contribution in [2.45, 2.75) is 19.5 Å². The highest BCUT2D eigenvalue weighted by Crippen LogP contribution is 2.32. The maximum Gasteiger partial charge on any atom is 0.387 e. The normalized spacial score (nSPS) is 10.4. The lowest BCUT2D eigenvalue weighted by Crippen LogP contribution is -2.05. The van der Waals surface area contributed by atoms with Crippen LogP contribution in [0, 0.1) is 0 Å². The molecule has 0 atom stereocenters. The summed E-state index contributed by atoms with van der Waals surface area (Å²) in [7, 11) is 1.32. The fourth-order valence-corrected chi connectivity index (χ4v) is 1.42. The summed E-state index contributed by atoms with van der Waals surface area (Å²) in [5.74, 6) is -0.910. The smallest absolute Gasteiger partial charge is 0.387 e. The van der Waals surface area contributed by atoms with Crippen molar-refractivity contribution >= 4 is 5.97 Å². The molecule has 4 nitrogen and oxygen atoms in total. The Morgan fingerprint density at radius 1 is 1.47 bits per heavy atom. The van der Waals surface area contributed by atoms with Crippen LogP contribution in [0.3, 0.4) is 0 Å². The molecule has 1 rings (SSSR count). The molecule has 0 saturated heterocycles. The molecule has 1 N–H and O–H groups in total. The van der Waals surface area contributed by atoms with Crippen molar-refractivity contribution < 1.29 is 28.2 Å². The molecule has 0 bridgehead atoms. The van der Waals surface area contributed by atoms with E-state index in [1.807, 2.05) is 0 Å². The highest BCUT2D eigenvalue weighted by Gasteiger charge is 2.14. The Bertz CT molecular complexity index is 393. The van der Waals surface area contributed by atoms with Gasteiger partial charge < -0.3 is 14.6 Å². The number of rotatable bonds is 6. The minimum atomic E-state index is -2.95. The zero-order chi connectivity index (χ0) is 12.8. The minimum absolute atomic E-state index is 0.0922. The number of carbonyl (C=O) groups is 1. The summed E-state index contributed by atoms with van der Waals surface area (Å²) in [4.78, 5) is 10.4. The van der Waals surface area contributed by atoms with Crippen LogP contribution in [-0.4, -0.2) is 24.8 Å². The van der Waals surface area contributed by atoms with Crippen molar-refractivity contribution in [3.63, 3.8) is 0 Å². The lowest BCUT2D eigenvalue weighted by molar-refractivity contribution is -0.136. The maximum absolute atomic E-state index is 12.1. The minimum Gasteiger partial charge on any atom is -0.493 e. The third-order valence-electron chi connectivity index (χ3n) is 2.09. The van der Waals surface area contributed by atoms with Gasteiger partial charge >= 0.3 is 12.6 Å². The number of methoxy groups -OCH3 is 1. The molecule has 0 radical (unpaired) electrons. The van der Waals surface area contributed by atoms with Gasteiger partial charge in [-0.25, -0.2) is 0 Å². The lowest BCUT2D eigenvalue weighted by Gasteiger charge is -2.13. The van der Waals surface area contributed by atoms with Crippen LogP contribution in [0.4, 0.5) is 8.78 Å². The number of carboxylic acids is 1. The van der Waals surface area contributed by atoms with Crippen LogP contribution in [0.2, 0.25) is 0 Å².